The van der Waals surface area contributed by atoms with Gasteiger partial charge in [-0.15, -0.1) is 0 Å². The van der Waals surface area contributed by atoms with Gasteiger partial charge in [0.25, 0.3) is 5.91 Å². The second kappa shape index (κ2) is 8.15. The van der Waals surface area contributed by atoms with Crippen molar-refractivity contribution < 1.29 is 14.6 Å². The summed E-state index contributed by atoms with van der Waals surface area (Å²) in [5.74, 6) is 0.644. The molecule has 1 amide bonds. The maximum Gasteiger partial charge on any atom is 0.260 e. The van der Waals surface area contributed by atoms with Crippen molar-refractivity contribution in [3.63, 3.8) is 0 Å². The van der Waals surface area contributed by atoms with E-state index in [2.05, 4.69) is 31.9 Å². The molecule has 6 heteroatoms. The minimum absolute atomic E-state index is 0.0111. The first kappa shape index (κ1) is 16.8. The highest BCUT2D eigenvalue weighted by Gasteiger charge is 2.28. The van der Waals surface area contributed by atoms with Gasteiger partial charge in [-0.05, 0) is 59.8 Å². The molecule has 21 heavy (non-hydrogen) atoms. The molecule has 1 aliphatic rings. The summed E-state index contributed by atoms with van der Waals surface area (Å²) in [5.41, 5.74) is 0. The normalized spacial score (nSPS) is 14.6. The van der Waals surface area contributed by atoms with Gasteiger partial charge < -0.3 is 14.7 Å². The summed E-state index contributed by atoms with van der Waals surface area (Å²) in [5, 5.41) is 8.96. The number of nitrogens with zero attached hydrogens (tertiary/aromatic N) is 1. The van der Waals surface area contributed by atoms with Crippen LogP contribution in [0.5, 0.6) is 5.75 Å². The number of carbonyl (C=O) groups is 1. The first-order chi connectivity index (χ1) is 10.1. The molecule has 1 saturated carbocycles. The van der Waals surface area contributed by atoms with Gasteiger partial charge in [0.2, 0.25) is 0 Å². The van der Waals surface area contributed by atoms with E-state index >= 15 is 0 Å². The molecule has 4 nitrogen and oxygen atoms in total. The molecule has 0 aromatic heterocycles. The second-order valence-electron chi connectivity index (χ2n) is 5.11. The van der Waals surface area contributed by atoms with Crippen LogP contribution >= 0.6 is 31.9 Å². The van der Waals surface area contributed by atoms with Gasteiger partial charge in [-0.1, -0.05) is 15.9 Å². The van der Waals surface area contributed by atoms with Crippen LogP contribution in [0.2, 0.25) is 0 Å². The van der Waals surface area contributed by atoms with Crippen LogP contribution in [0.1, 0.15) is 25.7 Å². The van der Waals surface area contributed by atoms with Crippen LogP contribution in [0.4, 0.5) is 0 Å². The summed E-state index contributed by atoms with van der Waals surface area (Å²) in [4.78, 5) is 14.2. The monoisotopic (exact) mass is 419 g/mol. The third-order valence-electron chi connectivity index (χ3n) is 3.64. The number of aliphatic hydroxyl groups excluding tert-OH is 1. The molecule has 0 atom stereocenters. The molecule has 0 spiro atoms. The summed E-state index contributed by atoms with van der Waals surface area (Å²) in [7, 11) is 0. The highest BCUT2D eigenvalue weighted by atomic mass is 79.9. The zero-order valence-electron chi connectivity index (χ0n) is 11.7. The Balaban J connectivity index is 1.91. The lowest BCUT2D eigenvalue weighted by Gasteiger charge is -2.37. The Hall–Kier alpha value is -0.590. The van der Waals surface area contributed by atoms with Gasteiger partial charge in [-0.25, -0.2) is 0 Å². The quantitative estimate of drug-likeness (QED) is 0.735. The molecular weight excluding hydrogens is 402 g/mol. The molecule has 1 aromatic carbocycles. The molecule has 0 aliphatic heterocycles. The summed E-state index contributed by atoms with van der Waals surface area (Å²) in [6.45, 7) is 0.739. The molecular formula is C15H19Br2NO3. The Morgan fingerprint density at radius 1 is 1.38 bits per heavy atom. The summed E-state index contributed by atoms with van der Waals surface area (Å²) >= 11 is 6.80. The lowest BCUT2D eigenvalue weighted by molar-refractivity contribution is -0.137. The van der Waals surface area contributed by atoms with Crippen molar-refractivity contribution in [2.75, 3.05) is 19.8 Å². The third-order valence-corrected chi connectivity index (χ3v) is 4.75. The number of ether oxygens (including phenoxy) is 1. The predicted octanol–water partition coefficient (Wildman–Crippen LogP) is 3.35. The molecule has 1 aliphatic carbocycles. The molecule has 0 unspecified atom stereocenters. The fourth-order valence-electron chi connectivity index (χ4n) is 2.27. The average molecular weight is 421 g/mol. The number of carbonyl (C=O) groups excluding carboxylic acids is 1. The standard InChI is InChI=1S/C15H19Br2NO3/c16-11-5-6-14(13(17)9-11)21-10-15(20)18(7-2-8-19)12-3-1-4-12/h5-6,9,12,19H,1-4,7-8,10H2. The van der Waals surface area contributed by atoms with E-state index in [-0.39, 0.29) is 19.1 Å². The Bertz CT molecular complexity index is 492. The van der Waals surface area contributed by atoms with Crippen molar-refractivity contribution in [2.24, 2.45) is 0 Å². The predicted molar refractivity (Wildman–Crippen MR) is 88.4 cm³/mol. The van der Waals surface area contributed by atoms with Crippen LogP contribution in [0.3, 0.4) is 0 Å². The number of hydrogen-bond acceptors (Lipinski definition) is 3. The van der Waals surface area contributed by atoms with E-state index in [1.165, 1.54) is 6.42 Å². The first-order valence-electron chi connectivity index (χ1n) is 7.10. The molecule has 0 radical (unpaired) electrons. The SMILES string of the molecule is O=C(COc1ccc(Br)cc1Br)N(CCCO)C1CCC1. The zero-order chi connectivity index (χ0) is 15.2. The maximum atomic E-state index is 12.3. The van der Waals surface area contributed by atoms with Crippen LogP contribution in [-0.4, -0.2) is 41.7 Å². The first-order valence-corrected chi connectivity index (χ1v) is 8.68. The number of benzene rings is 1. The van der Waals surface area contributed by atoms with E-state index in [1.807, 2.05) is 23.1 Å². The van der Waals surface area contributed by atoms with E-state index < -0.39 is 0 Å². The van der Waals surface area contributed by atoms with Crippen LogP contribution < -0.4 is 4.74 Å². The van der Waals surface area contributed by atoms with E-state index in [0.29, 0.717) is 24.8 Å². The van der Waals surface area contributed by atoms with Crippen molar-refractivity contribution in [1.82, 2.24) is 4.90 Å². The largest absolute Gasteiger partial charge is 0.483 e. The topological polar surface area (TPSA) is 49.8 Å². The van der Waals surface area contributed by atoms with Gasteiger partial charge >= 0.3 is 0 Å². The fourth-order valence-corrected chi connectivity index (χ4v) is 3.43. The van der Waals surface area contributed by atoms with Crippen LogP contribution in [-0.2, 0) is 4.79 Å². The molecule has 1 fully saturated rings. The minimum atomic E-state index is -0.0111. The molecule has 0 saturated heterocycles. The summed E-state index contributed by atoms with van der Waals surface area (Å²) in [6, 6.07) is 5.90. The zero-order valence-corrected chi connectivity index (χ0v) is 14.9. The van der Waals surface area contributed by atoms with Crippen molar-refractivity contribution in [3.05, 3.63) is 27.1 Å². The summed E-state index contributed by atoms with van der Waals surface area (Å²) in [6.07, 6.45) is 3.90. The Morgan fingerprint density at radius 2 is 2.14 bits per heavy atom. The maximum absolute atomic E-state index is 12.3. The molecule has 1 N–H and O–H groups in total. The van der Waals surface area contributed by atoms with Crippen LogP contribution in [0, 0.1) is 0 Å². The van der Waals surface area contributed by atoms with Crippen molar-refractivity contribution in [1.29, 1.82) is 0 Å². The number of aliphatic hydroxyl groups is 1. The van der Waals surface area contributed by atoms with Crippen molar-refractivity contribution >= 4 is 37.8 Å². The minimum Gasteiger partial charge on any atom is -0.483 e. The second-order valence-corrected chi connectivity index (χ2v) is 6.88. The summed E-state index contributed by atoms with van der Waals surface area (Å²) < 4.78 is 7.38. The highest BCUT2D eigenvalue weighted by Crippen LogP contribution is 2.29. The average Bonchev–Trinajstić information content (AvgIpc) is 2.40. The van der Waals surface area contributed by atoms with E-state index in [4.69, 9.17) is 9.84 Å². The number of halogens is 2. The van der Waals surface area contributed by atoms with Crippen molar-refractivity contribution in [3.8, 4) is 5.75 Å². The van der Waals surface area contributed by atoms with Gasteiger partial charge in [0.05, 0.1) is 4.47 Å². The van der Waals surface area contributed by atoms with Gasteiger partial charge in [0.15, 0.2) is 6.61 Å². The highest BCUT2D eigenvalue weighted by molar-refractivity contribution is 9.11. The van der Waals surface area contributed by atoms with Gasteiger partial charge in [0.1, 0.15) is 5.75 Å². The van der Waals surface area contributed by atoms with Gasteiger partial charge in [-0.3, -0.25) is 4.79 Å². The Morgan fingerprint density at radius 3 is 2.71 bits per heavy atom. The van der Waals surface area contributed by atoms with E-state index in [1.54, 1.807) is 0 Å². The van der Waals surface area contributed by atoms with Gasteiger partial charge in [-0.2, -0.15) is 0 Å². The molecule has 2 rings (SSSR count). The molecule has 0 heterocycles. The van der Waals surface area contributed by atoms with E-state index in [0.717, 1.165) is 21.8 Å². The third kappa shape index (κ3) is 4.69. The van der Waals surface area contributed by atoms with Gasteiger partial charge in [0, 0.05) is 23.7 Å². The number of hydrogen-bond donors (Lipinski definition) is 1. The molecule has 0 bridgehead atoms. The van der Waals surface area contributed by atoms with E-state index in [9.17, 15) is 4.79 Å². The molecule has 1 aromatic rings. The fraction of sp³-hybridized carbons (Fsp3) is 0.533. The van der Waals surface area contributed by atoms with Crippen molar-refractivity contribution in [2.45, 2.75) is 31.7 Å². The smallest absolute Gasteiger partial charge is 0.260 e. The Kier molecular flexibility index (Phi) is 6.51. The lowest BCUT2D eigenvalue weighted by atomic mass is 9.91. The number of amides is 1. The molecule has 116 valence electrons. The Labute approximate surface area is 141 Å². The van der Waals surface area contributed by atoms with Crippen LogP contribution in [0.25, 0.3) is 0 Å². The lowest BCUT2D eigenvalue weighted by Crippen LogP contribution is -2.46. The number of rotatable bonds is 7. The van der Waals surface area contributed by atoms with Crippen LogP contribution in [0.15, 0.2) is 27.1 Å².